The van der Waals surface area contributed by atoms with Crippen LogP contribution in [0.5, 0.6) is 0 Å². The Hall–Kier alpha value is -4.62. The molecule has 0 saturated carbocycles. The maximum atomic E-state index is 5.00. The lowest BCUT2D eigenvalue weighted by Gasteiger charge is -2.30. The van der Waals surface area contributed by atoms with Gasteiger partial charge in [0, 0.05) is 30.6 Å². The van der Waals surface area contributed by atoms with E-state index >= 15 is 0 Å². The summed E-state index contributed by atoms with van der Waals surface area (Å²) < 4.78 is 10.0. The summed E-state index contributed by atoms with van der Waals surface area (Å²) in [5.41, 5.74) is 17.2. The number of benzene rings is 6. The lowest BCUT2D eigenvalue weighted by atomic mass is 9.79. The Morgan fingerprint density at radius 3 is 1.72 bits per heavy atom. The van der Waals surface area contributed by atoms with E-state index in [4.69, 9.17) is 2.97 Å². The van der Waals surface area contributed by atoms with E-state index in [-0.39, 0.29) is 10.8 Å². The molecule has 0 radical (unpaired) electrons. The molecule has 1 nitrogen and oxygen atoms in total. The van der Waals surface area contributed by atoms with Gasteiger partial charge in [0.25, 0.3) is 0 Å². The van der Waals surface area contributed by atoms with Gasteiger partial charge >= 0.3 is 0 Å². The number of aryl methyl sites for hydroxylation is 2. The van der Waals surface area contributed by atoms with Gasteiger partial charge < -0.3 is 4.90 Å². The normalized spacial score (nSPS) is 15.3. The van der Waals surface area contributed by atoms with Gasteiger partial charge in [-0.1, -0.05) is 100 Å². The first-order valence-electron chi connectivity index (χ1n) is 16.5. The molecule has 0 amide bonds. The van der Waals surface area contributed by atoms with Gasteiger partial charge in [-0.25, -0.2) is 0 Å². The van der Waals surface area contributed by atoms with Crippen LogP contribution in [0.1, 0.15) is 64.0 Å². The molecular weight excluding hydrogens is 518 g/mol. The van der Waals surface area contributed by atoms with E-state index in [1.807, 2.05) is 0 Å². The molecule has 0 bridgehead atoms. The van der Waals surface area contributed by atoms with Gasteiger partial charge in [0.2, 0.25) is 0 Å². The summed E-state index contributed by atoms with van der Waals surface area (Å²) in [5, 5.41) is 2.59. The second kappa shape index (κ2) is 8.94. The Bertz CT molecular complexity index is 2080. The molecule has 0 atom stereocenters. The second-order valence-electron chi connectivity index (χ2n) is 13.6. The van der Waals surface area contributed by atoms with Crippen molar-refractivity contribution in [3.63, 3.8) is 0 Å². The fraction of sp³-hybridized carbons (Fsp3) is 0.190. The monoisotopic (exact) mass is 559 g/mol. The molecule has 43 heavy (non-hydrogen) atoms. The fourth-order valence-corrected chi connectivity index (χ4v) is 7.90. The Morgan fingerprint density at radius 1 is 0.488 bits per heavy atom. The third-order valence-electron chi connectivity index (χ3n) is 10.1. The van der Waals surface area contributed by atoms with Crippen molar-refractivity contribution in [2.75, 3.05) is 4.90 Å². The topological polar surface area (TPSA) is 3.24 Å². The van der Waals surface area contributed by atoms with Crippen LogP contribution in [-0.4, -0.2) is 0 Å². The summed E-state index contributed by atoms with van der Waals surface area (Å²) in [7, 11) is 0. The quantitative estimate of drug-likeness (QED) is 0.208. The van der Waals surface area contributed by atoms with Gasteiger partial charge in [0.1, 0.15) is 0 Å². The smallest absolute Gasteiger partial charge is 0.0543 e. The molecule has 6 aromatic rings. The Labute approximate surface area is 258 Å². The molecule has 0 N–H and O–H groups in total. The van der Waals surface area contributed by atoms with E-state index < -0.39 is 0 Å². The predicted molar refractivity (Wildman–Crippen MR) is 185 cm³/mol. The minimum Gasteiger partial charge on any atom is -0.310 e. The summed E-state index contributed by atoms with van der Waals surface area (Å²) in [4.78, 5) is 2.46. The third kappa shape index (κ3) is 3.64. The number of fused-ring (bicyclic) bond motifs is 8. The first-order valence-corrected chi connectivity index (χ1v) is 15.5. The van der Waals surface area contributed by atoms with Gasteiger partial charge in [0.05, 0.1) is 5.69 Å². The maximum absolute atomic E-state index is 5.00. The van der Waals surface area contributed by atoms with Crippen LogP contribution >= 0.6 is 0 Å². The highest BCUT2D eigenvalue weighted by molar-refractivity contribution is 6.10. The molecule has 0 spiro atoms. The van der Waals surface area contributed by atoms with E-state index in [9.17, 15) is 0 Å². The fourth-order valence-electron chi connectivity index (χ4n) is 7.90. The molecule has 212 valence electrons. The summed E-state index contributed by atoms with van der Waals surface area (Å²) in [5.74, 6) is 0. The lowest BCUT2D eigenvalue weighted by Crippen LogP contribution is -2.18. The van der Waals surface area contributed by atoms with Crippen LogP contribution in [0.3, 0.4) is 0 Å². The van der Waals surface area contributed by atoms with Gasteiger partial charge in [-0.05, 0) is 117 Å². The van der Waals surface area contributed by atoms with Crippen LogP contribution in [0.2, 0.25) is 0 Å². The Morgan fingerprint density at radius 2 is 1.05 bits per heavy atom. The summed E-state index contributed by atoms with van der Waals surface area (Å²) in [6, 6.07) is 43.3. The van der Waals surface area contributed by atoms with Crippen LogP contribution in [0.25, 0.3) is 33.0 Å². The molecule has 0 saturated heterocycles. The van der Waals surface area contributed by atoms with Crippen molar-refractivity contribution < 1.29 is 2.97 Å². The van der Waals surface area contributed by atoms with Crippen molar-refractivity contribution in [3.8, 4) is 22.3 Å². The van der Waals surface area contributed by atoms with Crippen LogP contribution in [0, 0.1) is 13.8 Å². The molecule has 0 heterocycles. The van der Waals surface area contributed by atoms with Gasteiger partial charge in [0.15, 0.2) is 0 Å². The molecule has 2 aliphatic carbocycles. The highest BCUT2D eigenvalue weighted by Crippen LogP contribution is 2.58. The highest BCUT2D eigenvalue weighted by Gasteiger charge is 2.42. The zero-order valence-electron chi connectivity index (χ0n) is 27.9. The molecule has 0 fully saturated rings. The predicted octanol–water partition coefficient (Wildman–Crippen LogP) is 11.8. The first kappa shape index (κ1) is 24.9. The number of rotatable bonds is 3. The molecule has 6 aromatic carbocycles. The number of anilines is 3. The number of hydrogen-bond donors (Lipinski definition) is 0. The van der Waals surface area contributed by atoms with Crippen molar-refractivity contribution in [1.29, 1.82) is 0 Å². The molecule has 0 aliphatic heterocycles. The molecule has 8 rings (SSSR count). The zero-order chi connectivity index (χ0) is 31.7. The SMILES string of the molecule is Cc1cccc(N(c2cccc(C)c2)c2cc3c(c4ccccc24)-c2cc4c(cc2C3(C)C)-c2ccccc2C4(C)C)c1.[2H][2H]. The van der Waals surface area contributed by atoms with Crippen LogP contribution in [-0.2, 0) is 10.8 Å². The minimum absolute atomic E-state index is 0.0310. The second-order valence-corrected chi connectivity index (χ2v) is 13.6. The first-order chi connectivity index (χ1) is 21.7. The standard InChI is InChI=1S/C42H37N.H2/c1-26-13-11-15-28(21-26)43(29-16-12-14-27(2)22-29)39-25-38-40(32-19-8-7-18-31(32)39)34-24-36-33(23-37(34)42(38,5)6)30-17-9-10-20-35(30)41(36,3)4;/h7-25H,1-6H3;1H/i;1+1D. The molecule has 1 heteroatoms. The van der Waals surface area contributed by atoms with Gasteiger partial charge in [-0.15, -0.1) is 0 Å². The zero-order valence-corrected chi connectivity index (χ0v) is 25.9. The lowest BCUT2D eigenvalue weighted by molar-refractivity contribution is 0.652. The average Bonchev–Trinajstić information content (AvgIpc) is 3.41. The van der Waals surface area contributed by atoms with Crippen LogP contribution in [0.4, 0.5) is 17.1 Å². The van der Waals surface area contributed by atoms with Crippen molar-refractivity contribution in [2.24, 2.45) is 0 Å². The van der Waals surface area contributed by atoms with Crippen LogP contribution < -0.4 is 4.90 Å². The van der Waals surface area contributed by atoms with E-state index in [1.54, 1.807) is 0 Å². The Balaban J connectivity index is 0.00000160. The average molecular weight is 560 g/mol. The highest BCUT2D eigenvalue weighted by atomic mass is 15.1. The molecule has 2 aliphatic rings. The van der Waals surface area contributed by atoms with E-state index in [1.165, 1.54) is 83.5 Å². The summed E-state index contributed by atoms with van der Waals surface area (Å²) in [6.45, 7) is 14.0. The van der Waals surface area contributed by atoms with E-state index in [2.05, 4.69) is 162 Å². The van der Waals surface area contributed by atoms with Crippen LogP contribution in [0.15, 0.2) is 115 Å². The van der Waals surface area contributed by atoms with Crippen molar-refractivity contribution in [2.45, 2.75) is 52.4 Å². The number of nitrogens with zero attached hydrogens (tertiary/aromatic N) is 1. The summed E-state index contributed by atoms with van der Waals surface area (Å²) in [6.07, 6.45) is 0. The largest absolute Gasteiger partial charge is 0.310 e. The van der Waals surface area contributed by atoms with Crippen molar-refractivity contribution in [3.05, 3.63) is 149 Å². The van der Waals surface area contributed by atoms with Gasteiger partial charge in [-0.3, -0.25) is 0 Å². The van der Waals surface area contributed by atoms with E-state index in [0.29, 0.717) is 0 Å². The van der Waals surface area contributed by atoms with Gasteiger partial charge in [-0.2, -0.15) is 0 Å². The Kier molecular flexibility index (Phi) is 5.18. The molecule has 0 unspecified atom stereocenters. The number of hydrogen-bond acceptors (Lipinski definition) is 1. The summed E-state index contributed by atoms with van der Waals surface area (Å²) >= 11 is 0. The maximum Gasteiger partial charge on any atom is 0.0543 e. The third-order valence-corrected chi connectivity index (χ3v) is 10.1. The molecular formula is C42H39N. The minimum atomic E-state index is -0.148. The van der Waals surface area contributed by atoms with E-state index in [0.717, 1.165) is 0 Å². The molecule has 0 aromatic heterocycles. The van der Waals surface area contributed by atoms with Crippen molar-refractivity contribution in [1.82, 2.24) is 0 Å². The van der Waals surface area contributed by atoms with Crippen molar-refractivity contribution >= 4 is 27.8 Å².